The molecule has 6 nitrogen and oxygen atoms in total. The second kappa shape index (κ2) is 8.40. The van der Waals surface area contributed by atoms with Gasteiger partial charge in [-0.1, -0.05) is 60.7 Å². The van der Waals surface area contributed by atoms with Crippen LogP contribution in [0.5, 0.6) is 0 Å². The summed E-state index contributed by atoms with van der Waals surface area (Å²) in [7, 11) is 0. The fourth-order valence-electron chi connectivity index (χ4n) is 2.68. The van der Waals surface area contributed by atoms with Crippen LogP contribution in [0.15, 0.2) is 67.0 Å². The molecule has 0 fully saturated rings. The molecule has 0 amide bonds. The first-order chi connectivity index (χ1) is 12.6. The minimum Gasteiger partial charge on any atom is -0.480 e. The van der Waals surface area contributed by atoms with E-state index in [1.54, 1.807) is 4.90 Å². The molecule has 0 spiro atoms. The fourth-order valence-corrected chi connectivity index (χ4v) is 2.79. The van der Waals surface area contributed by atoms with E-state index in [2.05, 4.69) is 15.0 Å². The lowest BCUT2D eigenvalue weighted by Crippen LogP contribution is -2.43. The maximum absolute atomic E-state index is 12.0. The van der Waals surface area contributed by atoms with Crippen LogP contribution in [0.1, 0.15) is 11.1 Å². The van der Waals surface area contributed by atoms with E-state index in [9.17, 15) is 9.90 Å². The average Bonchev–Trinajstić information content (AvgIpc) is 2.66. The van der Waals surface area contributed by atoms with Crippen LogP contribution in [0.4, 0.5) is 5.95 Å². The number of nitrogens with zero attached hydrogens (tertiary/aromatic N) is 4. The lowest BCUT2D eigenvalue weighted by atomic mass is 10.0. The Labute approximate surface area is 156 Å². The van der Waals surface area contributed by atoms with Crippen LogP contribution in [-0.4, -0.2) is 32.1 Å². The molecule has 0 aliphatic heterocycles. The average molecular weight is 369 g/mol. The van der Waals surface area contributed by atoms with Crippen LogP contribution >= 0.6 is 11.6 Å². The third-order valence-corrected chi connectivity index (χ3v) is 4.10. The molecule has 0 bridgehead atoms. The van der Waals surface area contributed by atoms with E-state index in [0.29, 0.717) is 13.0 Å². The molecule has 0 aliphatic carbocycles. The van der Waals surface area contributed by atoms with Crippen molar-refractivity contribution in [3.8, 4) is 0 Å². The van der Waals surface area contributed by atoms with Crippen molar-refractivity contribution >= 4 is 23.5 Å². The first kappa shape index (κ1) is 17.8. The molecule has 3 rings (SSSR count). The van der Waals surface area contributed by atoms with Crippen LogP contribution in [0.2, 0.25) is 5.28 Å². The number of halogens is 1. The maximum Gasteiger partial charge on any atom is 0.326 e. The van der Waals surface area contributed by atoms with Crippen molar-refractivity contribution in [3.05, 3.63) is 83.4 Å². The summed E-state index contributed by atoms with van der Waals surface area (Å²) in [6.07, 6.45) is 1.59. The Morgan fingerprint density at radius 3 is 2.19 bits per heavy atom. The topological polar surface area (TPSA) is 79.2 Å². The summed E-state index contributed by atoms with van der Waals surface area (Å²) in [5.41, 5.74) is 1.86. The molecule has 7 heteroatoms. The number of carboxylic acids is 1. The lowest BCUT2D eigenvalue weighted by Gasteiger charge is -2.29. The molecule has 1 atom stereocenters. The Morgan fingerprint density at radius 2 is 1.62 bits per heavy atom. The summed E-state index contributed by atoms with van der Waals surface area (Å²) in [5, 5.41) is 9.89. The van der Waals surface area contributed by atoms with Crippen molar-refractivity contribution in [2.45, 2.75) is 19.0 Å². The minimum absolute atomic E-state index is 0.0249. The summed E-state index contributed by atoms with van der Waals surface area (Å²) in [5.74, 6) is -0.724. The van der Waals surface area contributed by atoms with Gasteiger partial charge in [-0.25, -0.2) is 14.8 Å². The SMILES string of the molecule is O=C(O)C(Cc1ccccc1)N(Cc1ccccc1)c1ncnc(Cl)n1. The van der Waals surface area contributed by atoms with Crippen molar-refractivity contribution in [1.82, 2.24) is 15.0 Å². The van der Waals surface area contributed by atoms with E-state index in [4.69, 9.17) is 11.6 Å². The number of carbonyl (C=O) groups is 1. The van der Waals surface area contributed by atoms with E-state index in [-0.39, 0.29) is 11.2 Å². The Hall–Kier alpha value is -2.99. The number of carboxylic acid groups (broad SMARTS) is 1. The highest BCUT2D eigenvalue weighted by atomic mass is 35.5. The molecule has 0 aliphatic rings. The van der Waals surface area contributed by atoms with E-state index < -0.39 is 12.0 Å². The first-order valence-electron chi connectivity index (χ1n) is 8.05. The van der Waals surface area contributed by atoms with Gasteiger partial charge in [0.2, 0.25) is 11.2 Å². The molecule has 1 N–H and O–H groups in total. The zero-order chi connectivity index (χ0) is 18.4. The third kappa shape index (κ3) is 4.55. The third-order valence-electron chi connectivity index (χ3n) is 3.92. The zero-order valence-electron chi connectivity index (χ0n) is 13.9. The molecule has 0 saturated heterocycles. The van der Waals surface area contributed by atoms with Gasteiger partial charge in [0, 0.05) is 13.0 Å². The number of aliphatic carboxylic acids is 1. The maximum atomic E-state index is 12.0. The smallest absolute Gasteiger partial charge is 0.326 e. The summed E-state index contributed by atoms with van der Waals surface area (Å²) in [6, 6.07) is 18.2. The fraction of sp³-hybridized carbons (Fsp3) is 0.158. The van der Waals surface area contributed by atoms with Crippen molar-refractivity contribution in [3.63, 3.8) is 0 Å². The molecule has 0 radical (unpaired) electrons. The molecule has 1 unspecified atom stereocenters. The normalized spacial score (nSPS) is 11.7. The second-order valence-corrected chi connectivity index (χ2v) is 6.05. The monoisotopic (exact) mass is 368 g/mol. The van der Waals surface area contributed by atoms with Crippen LogP contribution in [0.25, 0.3) is 0 Å². The summed E-state index contributed by atoms with van der Waals surface area (Å²) in [4.78, 5) is 25.7. The van der Waals surface area contributed by atoms with E-state index in [0.717, 1.165) is 11.1 Å². The number of rotatable bonds is 7. The Morgan fingerprint density at radius 1 is 1.00 bits per heavy atom. The van der Waals surface area contributed by atoms with Gasteiger partial charge in [-0.05, 0) is 22.7 Å². The Balaban J connectivity index is 1.97. The van der Waals surface area contributed by atoms with Gasteiger partial charge < -0.3 is 10.0 Å². The highest BCUT2D eigenvalue weighted by Crippen LogP contribution is 2.20. The molecular formula is C19H17ClN4O2. The molecule has 0 saturated carbocycles. The van der Waals surface area contributed by atoms with E-state index >= 15 is 0 Å². The van der Waals surface area contributed by atoms with Crippen LogP contribution in [-0.2, 0) is 17.8 Å². The van der Waals surface area contributed by atoms with Crippen molar-refractivity contribution < 1.29 is 9.90 Å². The van der Waals surface area contributed by atoms with E-state index in [1.807, 2.05) is 60.7 Å². The summed E-state index contributed by atoms with van der Waals surface area (Å²) >= 11 is 5.90. The van der Waals surface area contributed by atoms with Crippen LogP contribution < -0.4 is 4.90 Å². The number of hydrogen-bond acceptors (Lipinski definition) is 5. The van der Waals surface area contributed by atoms with Gasteiger partial charge in [-0.15, -0.1) is 0 Å². The molecule has 1 aromatic heterocycles. The number of benzene rings is 2. The molecule has 132 valence electrons. The Bertz CT molecular complexity index is 862. The highest BCUT2D eigenvalue weighted by molar-refractivity contribution is 6.28. The molecule has 1 heterocycles. The van der Waals surface area contributed by atoms with Crippen LogP contribution in [0, 0.1) is 0 Å². The molecule has 3 aromatic rings. The zero-order valence-corrected chi connectivity index (χ0v) is 14.6. The number of aromatic nitrogens is 3. The van der Waals surface area contributed by atoms with Gasteiger partial charge in [0.1, 0.15) is 12.4 Å². The quantitative estimate of drug-likeness (QED) is 0.689. The van der Waals surface area contributed by atoms with Gasteiger partial charge in [0.05, 0.1) is 0 Å². The van der Waals surface area contributed by atoms with Gasteiger partial charge in [-0.2, -0.15) is 4.98 Å². The molecule has 26 heavy (non-hydrogen) atoms. The van der Waals surface area contributed by atoms with Crippen molar-refractivity contribution in [2.24, 2.45) is 0 Å². The second-order valence-electron chi connectivity index (χ2n) is 5.71. The number of anilines is 1. The van der Waals surface area contributed by atoms with Gasteiger partial charge in [-0.3, -0.25) is 0 Å². The standard InChI is InChI=1S/C19H17ClN4O2/c20-18-21-13-22-19(23-18)24(12-15-9-5-2-6-10-15)16(17(25)26)11-14-7-3-1-4-8-14/h1-10,13,16H,11-12H2,(H,25,26). The first-order valence-corrected chi connectivity index (χ1v) is 8.43. The summed E-state index contributed by atoms with van der Waals surface area (Å²) in [6.45, 7) is 0.338. The van der Waals surface area contributed by atoms with Crippen molar-refractivity contribution in [1.29, 1.82) is 0 Å². The van der Waals surface area contributed by atoms with Gasteiger partial charge in [0.25, 0.3) is 0 Å². The van der Waals surface area contributed by atoms with Crippen LogP contribution in [0.3, 0.4) is 0 Å². The predicted octanol–water partition coefficient (Wildman–Crippen LogP) is 3.23. The minimum atomic E-state index is -0.957. The largest absolute Gasteiger partial charge is 0.480 e. The predicted molar refractivity (Wildman–Crippen MR) is 99.0 cm³/mol. The van der Waals surface area contributed by atoms with Gasteiger partial charge in [0.15, 0.2) is 0 Å². The number of hydrogen-bond donors (Lipinski definition) is 1. The lowest BCUT2D eigenvalue weighted by molar-refractivity contribution is -0.138. The molecule has 2 aromatic carbocycles. The Kier molecular flexibility index (Phi) is 5.76. The molecular weight excluding hydrogens is 352 g/mol. The van der Waals surface area contributed by atoms with Crippen molar-refractivity contribution in [2.75, 3.05) is 4.90 Å². The summed E-state index contributed by atoms with van der Waals surface area (Å²) < 4.78 is 0. The van der Waals surface area contributed by atoms with Gasteiger partial charge >= 0.3 is 5.97 Å². The highest BCUT2D eigenvalue weighted by Gasteiger charge is 2.28. The van der Waals surface area contributed by atoms with E-state index in [1.165, 1.54) is 6.33 Å².